The van der Waals surface area contributed by atoms with Crippen molar-refractivity contribution in [3.63, 3.8) is 0 Å². The first-order valence-corrected chi connectivity index (χ1v) is 6.72. The maximum absolute atomic E-state index is 6.02. The van der Waals surface area contributed by atoms with E-state index in [4.69, 9.17) is 39.5 Å². The summed E-state index contributed by atoms with van der Waals surface area (Å²) in [6.07, 6.45) is 1.70. The third kappa shape index (κ3) is 3.83. The Morgan fingerprint density at radius 1 is 1.18 bits per heavy atom. The molecule has 1 aromatic carbocycles. The second kappa shape index (κ2) is 6.03. The Labute approximate surface area is 118 Å². The Hall–Kier alpha value is -0.320. The molecule has 0 aliphatic heterocycles. The largest absolute Gasteiger partial charge is 0.371 e. The van der Waals surface area contributed by atoms with Gasteiger partial charge in [0, 0.05) is 16.2 Å². The number of rotatable bonds is 4. The van der Waals surface area contributed by atoms with Crippen molar-refractivity contribution >= 4 is 46.1 Å². The highest BCUT2D eigenvalue weighted by atomic mass is 35.5. The van der Waals surface area contributed by atoms with Gasteiger partial charge in [-0.3, -0.25) is 0 Å². The molecule has 0 atom stereocenters. The van der Waals surface area contributed by atoms with Crippen molar-refractivity contribution in [2.45, 2.75) is 13.2 Å². The van der Waals surface area contributed by atoms with E-state index in [1.165, 1.54) is 11.3 Å². The van der Waals surface area contributed by atoms with Crippen molar-refractivity contribution in [1.29, 1.82) is 0 Å². The predicted octanol–water partition coefficient (Wildman–Crippen LogP) is 4.82. The van der Waals surface area contributed by atoms with E-state index in [2.05, 4.69) is 4.98 Å². The van der Waals surface area contributed by atoms with Gasteiger partial charge in [0.1, 0.15) is 0 Å². The molecule has 0 saturated heterocycles. The highest BCUT2D eigenvalue weighted by Gasteiger charge is 2.03. The maximum Gasteiger partial charge on any atom is 0.183 e. The molecule has 0 radical (unpaired) electrons. The van der Waals surface area contributed by atoms with E-state index in [0.717, 1.165) is 10.4 Å². The molecule has 0 aliphatic carbocycles. The van der Waals surface area contributed by atoms with Crippen LogP contribution in [0, 0.1) is 0 Å². The van der Waals surface area contributed by atoms with Gasteiger partial charge in [-0.15, -0.1) is 11.3 Å². The van der Waals surface area contributed by atoms with Gasteiger partial charge in [-0.05, 0) is 17.7 Å². The first kappa shape index (κ1) is 13.1. The molecule has 0 saturated carbocycles. The van der Waals surface area contributed by atoms with Crippen LogP contribution in [0.3, 0.4) is 0 Å². The molecule has 0 amide bonds. The van der Waals surface area contributed by atoms with Gasteiger partial charge in [-0.1, -0.05) is 40.9 Å². The minimum Gasteiger partial charge on any atom is -0.371 e. The van der Waals surface area contributed by atoms with Crippen LogP contribution in [0.4, 0.5) is 0 Å². The van der Waals surface area contributed by atoms with Gasteiger partial charge in [-0.2, -0.15) is 0 Å². The average Bonchev–Trinajstić information content (AvgIpc) is 2.68. The van der Waals surface area contributed by atoms with Crippen LogP contribution in [-0.4, -0.2) is 4.98 Å². The van der Waals surface area contributed by atoms with E-state index in [-0.39, 0.29) is 0 Å². The quantitative estimate of drug-likeness (QED) is 0.808. The lowest BCUT2D eigenvalue weighted by atomic mass is 10.2. The maximum atomic E-state index is 6.02. The van der Waals surface area contributed by atoms with Crippen molar-refractivity contribution in [3.8, 4) is 0 Å². The molecule has 2 nitrogen and oxygen atoms in total. The van der Waals surface area contributed by atoms with Gasteiger partial charge in [-0.25, -0.2) is 4.98 Å². The number of hydrogen-bond acceptors (Lipinski definition) is 3. The molecule has 0 bridgehead atoms. The summed E-state index contributed by atoms with van der Waals surface area (Å²) < 4.78 is 6.05. The summed E-state index contributed by atoms with van der Waals surface area (Å²) in [6.45, 7) is 0.912. The third-order valence-corrected chi connectivity index (χ3v) is 3.72. The van der Waals surface area contributed by atoms with Gasteiger partial charge in [0.15, 0.2) is 4.47 Å². The normalized spacial score (nSPS) is 10.8. The molecule has 2 rings (SSSR count). The molecule has 90 valence electrons. The zero-order chi connectivity index (χ0) is 12.3. The van der Waals surface area contributed by atoms with E-state index in [1.807, 2.05) is 6.07 Å². The number of halogens is 3. The van der Waals surface area contributed by atoms with Gasteiger partial charge in [0.05, 0.1) is 18.1 Å². The molecule has 1 aromatic heterocycles. The first-order valence-electron chi connectivity index (χ1n) is 4.77. The second-order valence-electron chi connectivity index (χ2n) is 3.31. The number of ether oxygens (including phenoxy) is 1. The van der Waals surface area contributed by atoms with E-state index < -0.39 is 0 Å². The fourth-order valence-corrected chi connectivity index (χ4v) is 2.63. The summed E-state index contributed by atoms with van der Waals surface area (Å²) >= 11 is 18.9. The number of thiazole rings is 1. The Morgan fingerprint density at radius 2 is 2.00 bits per heavy atom. The Balaban J connectivity index is 1.90. The first-order chi connectivity index (χ1) is 8.15. The zero-order valence-corrected chi connectivity index (χ0v) is 11.7. The van der Waals surface area contributed by atoms with Crippen LogP contribution in [0.25, 0.3) is 0 Å². The van der Waals surface area contributed by atoms with Crippen molar-refractivity contribution in [2.75, 3.05) is 0 Å². The molecular weight excluding hydrogens is 301 g/mol. The number of aromatic nitrogens is 1. The molecule has 17 heavy (non-hydrogen) atoms. The van der Waals surface area contributed by atoms with Crippen molar-refractivity contribution < 1.29 is 4.74 Å². The van der Waals surface area contributed by atoms with Crippen LogP contribution < -0.4 is 0 Å². The summed E-state index contributed by atoms with van der Waals surface area (Å²) in [7, 11) is 0. The van der Waals surface area contributed by atoms with Crippen LogP contribution in [0.5, 0.6) is 0 Å². The van der Waals surface area contributed by atoms with Crippen LogP contribution >= 0.6 is 46.1 Å². The minimum atomic E-state index is 0.436. The standard InChI is InChI=1S/C11H8Cl3NOS/c12-8-2-1-7(10(13)3-8)5-16-6-9-4-15-11(14)17-9/h1-4H,5-6H2. The summed E-state index contributed by atoms with van der Waals surface area (Å²) in [5.74, 6) is 0. The number of benzene rings is 1. The predicted molar refractivity (Wildman–Crippen MR) is 72.1 cm³/mol. The third-order valence-electron chi connectivity index (χ3n) is 2.04. The zero-order valence-electron chi connectivity index (χ0n) is 8.62. The number of nitrogens with zero attached hydrogens (tertiary/aromatic N) is 1. The van der Waals surface area contributed by atoms with Crippen LogP contribution in [0.1, 0.15) is 10.4 Å². The van der Waals surface area contributed by atoms with Crippen LogP contribution in [0.15, 0.2) is 24.4 Å². The molecule has 6 heteroatoms. The van der Waals surface area contributed by atoms with Gasteiger partial charge in [0.2, 0.25) is 0 Å². The monoisotopic (exact) mass is 307 g/mol. The highest BCUT2D eigenvalue weighted by Crippen LogP contribution is 2.23. The van der Waals surface area contributed by atoms with E-state index in [1.54, 1.807) is 18.3 Å². The van der Waals surface area contributed by atoms with Gasteiger partial charge >= 0.3 is 0 Å². The Kier molecular flexibility index (Phi) is 4.65. The summed E-state index contributed by atoms with van der Waals surface area (Å²) in [5.41, 5.74) is 0.909. The number of hydrogen-bond donors (Lipinski definition) is 0. The summed E-state index contributed by atoms with van der Waals surface area (Å²) in [4.78, 5) is 4.92. The highest BCUT2D eigenvalue weighted by molar-refractivity contribution is 7.15. The Morgan fingerprint density at radius 3 is 2.65 bits per heavy atom. The molecule has 0 N–H and O–H groups in total. The smallest absolute Gasteiger partial charge is 0.183 e. The van der Waals surface area contributed by atoms with Gasteiger partial charge in [0.25, 0.3) is 0 Å². The lowest BCUT2D eigenvalue weighted by Crippen LogP contribution is -1.93. The molecule has 0 aliphatic rings. The molecule has 0 spiro atoms. The van der Waals surface area contributed by atoms with Crippen LogP contribution in [-0.2, 0) is 18.0 Å². The molecule has 2 aromatic rings. The van der Waals surface area contributed by atoms with E-state index >= 15 is 0 Å². The fourth-order valence-electron chi connectivity index (χ4n) is 1.25. The second-order valence-corrected chi connectivity index (χ2v) is 5.85. The SMILES string of the molecule is Clc1ccc(COCc2cnc(Cl)s2)c(Cl)c1. The van der Waals surface area contributed by atoms with Crippen molar-refractivity contribution in [1.82, 2.24) is 4.98 Å². The topological polar surface area (TPSA) is 22.1 Å². The van der Waals surface area contributed by atoms with E-state index in [9.17, 15) is 0 Å². The molecule has 1 heterocycles. The van der Waals surface area contributed by atoms with Crippen molar-refractivity contribution in [2.24, 2.45) is 0 Å². The molecular formula is C11H8Cl3NOS. The van der Waals surface area contributed by atoms with Crippen molar-refractivity contribution in [3.05, 3.63) is 49.3 Å². The lowest BCUT2D eigenvalue weighted by molar-refractivity contribution is 0.109. The summed E-state index contributed by atoms with van der Waals surface area (Å²) in [5, 5.41) is 1.23. The minimum absolute atomic E-state index is 0.436. The van der Waals surface area contributed by atoms with E-state index in [0.29, 0.717) is 27.7 Å². The lowest BCUT2D eigenvalue weighted by Gasteiger charge is -2.05. The average molecular weight is 309 g/mol. The van der Waals surface area contributed by atoms with Crippen LogP contribution in [0.2, 0.25) is 14.5 Å². The summed E-state index contributed by atoms with van der Waals surface area (Å²) in [6, 6.07) is 5.34. The molecule has 0 unspecified atom stereocenters. The Bertz CT molecular complexity index is 515. The molecule has 0 fully saturated rings. The van der Waals surface area contributed by atoms with Gasteiger partial charge < -0.3 is 4.74 Å². The fraction of sp³-hybridized carbons (Fsp3) is 0.182.